The fraction of sp³-hybridized carbons (Fsp3) is 0.786. The molecule has 3 rings (SSSR count). The van der Waals surface area contributed by atoms with Crippen molar-refractivity contribution in [2.45, 2.75) is 50.5 Å². The molecule has 1 aromatic heterocycles. The van der Waals surface area contributed by atoms with Gasteiger partial charge in [0.25, 0.3) is 0 Å². The molecule has 1 aliphatic heterocycles. The van der Waals surface area contributed by atoms with E-state index in [1.54, 1.807) is 4.68 Å². The van der Waals surface area contributed by atoms with Crippen molar-refractivity contribution in [1.82, 2.24) is 19.7 Å². The number of carbonyl (C=O) groups is 1. The third kappa shape index (κ3) is 2.20. The molecule has 104 valence electrons. The Morgan fingerprint density at radius 1 is 1.26 bits per heavy atom. The Labute approximate surface area is 114 Å². The van der Waals surface area contributed by atoms with E-state index in [4.69, 9.17) is 0 Å². The third-order valence-corrected chi connectivity index (χ3v) is 4.78. The molecule has 1 saturated carbocycles. The first-order chi connectivity index (χ1) is 9.22. The van der Waals surface area contributed by atoms with Crippen LogP contribution in [0.15, 0.2) is 6.33 Å². The molecule has 2 aliphatic rings. The molecule has 2 heterocycles. The predicted octanol–water partition coefficient (Wildman–Crippen LogP) is 1.34. The highest BCUT2D eigenvalue weighted by Crippen LogP contribution is 2.38. The zero-order valence-corrected chi connectivity index (χ0v) is 11.6. The van der Waals surface area contributed by atoms with Crippen LogP contribution in [0.2, 0.25) is 0 Å². The molecule has 0 amide bonds. The Hall–Kier alpha value is -1.23. The largest absolute Gasteiger partial charge is 0.297 e. The highest BCUT2D eigenvalue weighted by Gasteiger charge is 2.46. The maximum absolute atomic E-state index is 12.9. The third-order valence-electron chi connectivity index (χ3n) is 4.78. The molecule has 0 bridgehead atoms. The van der Waals surface area contributed by atoms with Gasteiger partial charge in [-0.3, -0.25) is 14.4 Å². The first-order valence-corrected chi connectivity index (χ1v) is 7.34. The number of likely N-dealkylation sites (tertiary alicyclic amines) is 1. The van der Waals surface area contributed by atoms with Gasteiger partial charge >= 0.3 is 0 Å². The summed E-state index contributed by atoms with van der Waals surface area (Å²) in [6.07, 6.45) is 8.85. The molecule has 5 nitrogen and oxygen atoms in total. The van der Waals surface area contributed by atoms with E-state index in [1.807, 2.05) is 7.05 Å². The number of hydrogen-bond acceptors (Lipinski definition) is 4. The molecular weight excluding hydrogens is 240 g/mol. The molecule has 5 heteroatoms. The summed E-state index contributed by atoms with van der Waals surface area (Å²) < 4.78 is 1.71. The van der Waals surface area contributed by atoms with Gasteiger partial charge in [0.05, 0.1) is 12.0 Å². The lowest BCUT2D eigenvalue weighted by molar-refractivity contribution is -0.130. The van der Waals surface area contributed by atoms with E-state index >= 15 is 0 Å². The van der Waals surface area contributed by atoms with Crippen LogP contribution in [0.5, 0.6) is 0 Å². The molecule has 1 saturated heterocycles. The number of Topliss-reactive ketones (excluding diaryl/α,β-unsaturated/α-hetero) is 1. The Balaban J connectivity index is 1.80. The average Bonchev–Trinajstić information content (AvgIpc) is 3.10. The minimum atomic E-state index is -0.192. The van der Waals surface area contributed by atoms with Crippen molar-refractivity contribution in [3.8, 4) is 0 Å². The standard InChI is InChI=1S/C14H22N4O/c1-17-13(15-11-16-17)10-12(19)14(6-2-3-7-14)18-8-4-5-9-18/h11H,2-10H2,1H3. The van der Waals surface area contributed by atoms with Gasteiger partial charge in [-0.25, -0.2) is 4.98 Å². The van der Waals surface area contributed by atoms with E-state index in [0.29, 0.717) is 12.2 Å². The summed E-state index contributed by atoms with van der Waals surface area (Å²) in [5.41, 5.74) is -0.192. The minimum absolute atomic E-state index is 0.192. The number of rotatable bonds is 4. The van der Waals surface area contributed by atoms with Crippen LogP contribution in [-0.4, -0.2) is 44.1 Å². The van der Waals surface area contributed by atoms with Crippen molar-refractivity contribution >= 4 is 5.78 Å². The van der Waals surface area contributed by atoms with E-state index in [0.717, 1.165) is 31.8 Å². The second-order valence-electron chi connectivity index (χ2n) is 5.83. The van der Waals surface area contributed by atoms with Gasteiger partial charge in [-0.2, -0.15) is 5.10 Å². The lowest BCUT2D eigenvalue weighted by Crippen LogP contribution is -2.52. The van der Waals surface area contributed by atoms with Crippen LogP contribution in [0.4, 0.5) is 0 Å². The van der Waals surface area contributed by atoms with E-state index in [2.05, 4.69) is 15.0 Å². The molecule has 0 N–H and O–H groups in total. The van der Waals surface area contributed by atoms with Crippen LogP contribution in [0.3, 0.4) is 0 Å². The molecule has 0 unspecified atom stereocenters. The van der Waals surface area contributed by atoms with Gasteiger partial charge in [0.2, 0.25) is 0 Å². The molecule has 1 aromatic rings. The molecule has 0 atom stereocenters. The Kier molecular flexibility index (Phi) is 3.39. The quantitative estimate of drug-likeness (QED) is 0.821. The zero-order chi connectivity index (χ0) is 13.3. The number of aromatic nitrogens is 3. The van der Waals surface area contributed by atoms with Gasteiger partial charge in [-0.15, -0.1) is 0 Å². The van der Waals surface area contributed by atoms with Crippen molar-refractivity contribution in [1.29, 1.82) is 0 Å². The molecule has 0 spiro atoms. The van der Waals surface area contributed by atoms with Crippen molar-refractivity contribution in [3.63, 3.8) is 0 Å². The van der Waals surface area contributed by atoms with Gasteiger partial charge in [-0.1, -0.05) is 12.8 Å². The second-order valence-corrected chi connectivity index (χ2v) is 5.83. The molecule has 0 radical (unpaired) electrons. The zero-order valence-electron chi connectivity index (χ0n) is 11.6. The van der Waals surface area contributed by atoms with Gasteiger partial charge in [0.15, 0.2) is 5.78 Å². The Bertz CT molecular complexity index is 456. The van der Waals surface area contributed by atoms with E-state index in [-0.39, 0.29) is 5.54 Å². The highest BCUT2D eigenvalue weighted by atomic mass is 16.1. The molecule has 19 heavy (non-hydrogen) atoms. The summed E-state index contributed by atoms with van der Waals surface area (Å²) in [6.45, 7) is 2.18. The topological polar surface area (TPSA) is 51.0 Å². The predicted molar refractivity (Wildman–Crippen MR) is 71.7 cm³/mol. The number of aryl methyl sites for hydroxylation is 1. The number of ketones is 1. The maximum atomic E-state index is 12.9. The Morgan fingerprint density at radius 2 is 1.95 bits per heavy atom. The first kappa shape index (κ1) is 12.8. The van der Waals surface area contributed by atoms with Crippen molar-refractivity contribution in [2.24, 2.45) is 7.05 Å². The first-order valence-electron chi connectivity index (χ1n) is 7.34. The average molecular weight is 262 g/mol. The van der Waals surface area contributed by atoms with Crippen molar-refractivity contribution in [2.75, 3.05) is 13.1 Å². The SMILES string of the molecule is Cn1ncnc1CC(=O)C1(N2CCCC2)CCCC1. The van der Waals surface area contributed by atoms with Crippen LogP contribution in [0.1, 0.15) is 44.3 Å². The summed E-state index contributed by atoms with van der Waals surface area (Å²) in [5.74, 6) is 1.14. The fourth-order valence-electron chi connectivity index (χ4n) is 3.66. The summed E-state index contributed by atoms with van der Waals surface area (Å²) in [5, 5.41) is 4.06. The number of hydrogen-bond donors (Lipinski definition) is 0. The normalized spacial score (nSPS) is 23.0. The van der Waals surface area contributed by atoms with Crippen LogP contribution in [0, 0.1) is 0 Å². The summed E-state index contributed by atoms with van der Waals surface area (Å²) in [4.78, 5) is 19.5. The smallest absolute Gasteiger partial charge is 0.160 e. The van der Waals surface area contributed by atoms with Crippen LogP contribution in [-0.2, 0) is 18.3 Å². The summed E-state index contributed by atoms with van der Waals surface area (Å²) in [7, 11) is 1.85. The summed E-state index contributed by atoms with van der Waals surface area (Å²) in [6, 6.07) is 0. The van der Waals surface area contributed by atoms with Crippen LogP contribution in [0.25, 0.3) is 0 Å². The van der Waals surface area contributed by atoms with E-state index in [1.165, 1.54) is 32.0 Å². The van der Waals surface area contributed by atoms with Gasteiger partial charge in [0.1, 0.15) is 12.2 Å². The van der Waals surface area contributed by atoms with Gasteiger partial charge in [-0.05, 0) is 38.8 Å². The highest BCUT2D eigenvalue weighted by molar-refractivity contribution is 5.90. The molecule has 2 fully saturated rings. The Morgan fingerprint density at radius 3 is 2.53 bits per heavy atom. The number of carbonyl (C=O) groups excluding carboxylic acids is 1. The lowest BCUT2D eigenvalue weighted by atomic mass is 9.88. The van der Waals surface area contributed by atoms with Crippen molar-refractivity contribution in [3.05, 3.63) is 12.2 Å². The monoisotopic (exact) mass is 262 g/mol. The minimum Gasteiger partial charge on any atom is -0.297 e. The van der Waals surface area contributed by atoms with E-state index in [9.17, 15) is 4.79 Å². The molecular formula is C14H22N4O. The molecule has 1 aliphatic carbocycles. The van der Waals surface area contributed by atoms with E-state index < -0.39 is 0 Å². The second kappa shape index (κ2) is 5.04. The number of nitrogens with zero attached hydrogens (tertiary/aromatic N) is 4. The fourth-order valence-corrected chi connectivity index (χ4v) is 3.66. The lowest BCUT2D eigenvalue weighted by Gasteiger charge is -2.37. The van der Waals surface area contributed by atoms with Gasteiger partial charge in [0, 0.05) is 7.05 Å². The summed E-state index contributed by atoms with van der Waals surface area (Å²) >= 11 is 0. The van der Waals surface area contributed by atoms with Crippen LogP contribution < -0.4 is 0 Å². The van der Waals surface area contributed by atoms with Crippen LogP contribution >= 0.6 is 0 Å². The van der Waals surface area contributed by atoms with Crippen molar-refractivity contribution < 1.29 is 4.79 Å². The van der Waals surface area contributed by atoms with Gasteiger partial charge < -0.3 is 0 Å². The maximum Gasteiger partial charge on any atom is 0.160 e. The molecule has 0 aromatic carbocycles.